The summed E-state index contributed by atoms with van der Waals surface area (Å²) >= 11 is 0.348. The number of alkyl halides is 2. The van der Waals surface area contributed by atoms with Crippen molar-refractivity contribution in [2.45, 2.75) is 10.7 Å². The van der Waals surface area contributed by atoms with Crippen molar-refractivity contribution < 1.29 is 13.6 Å². The van der Waals surface area contributed by atoms with E-state index in [4.69, 9.17) is 0 Å². The lowest BCUT2D eigenvalue weighted by Crippen LogP contribution is -2.12. The van der Waals surface area contributed by atoms with Crippen LogP contribution in [0.5, 0.6) is 0 Å². The fourth-order valence-electron chi connectivity index (χ4n) is 1.37. The summed E-state index contributed by atoms with van der Waals surface area (Å²) in [6, 6.07) is 6.22. The SMILES string of the molecule is O=C(Nc1cn[nH]c1)c1ccccc1SC(F)F. The second kappa shape index (κ2) is 5.63. The maximum absolute atomic E-state index is 12.4. The van der Waals surface area contributed by atoms with Gasteiger partial charge in [-0.1, -0.05) is 23.9 Å². The van der Waals surface area contributed by atoms with E-state index in [1.807, 2.05) is 0 Å². The molecule has 0 atom stereocenters. The Kier molecular flexibility index (Phi) is 3.93. The van der Waals surface area contributed by atoms with Crippen LogP contribution in [0.4, 0.5) is 14.5 Å². The molecule has 94 valence electrons. The van der Waals surface area contributed by atoms with Crippen molar-refractivity contribution >= 4 is 23.4 Å². The van der Waals surface area contributed by atoms with E-state index < -0.39 is 11.7 Å². The Hall–Kier alpha value is -1.89. The lowest BCUT2D eigenvalue weighted by Gasteiger charge is -2.08. The highest BCUT2D eigenvalue weighted by atomic mass is 32.2. The summed E-state index contributed by atoms with van der Waals surface area (Å²) in [7, 11) is 0. The number of hydrogen-bond donors (Lipinski definition) is 2. The normalized spacial score (nSPS) is 10.6. The number of anilines is 1. The van der Waals surface area contributed by atoms with E-state index >= 15 is 0 Å². The molecule has 4 nitrogen and oxygen atoms in total. The number of amides is 1. The Labute approximate surface area is 106 Å². The molecule has 2 aromatic rings. The Bertz CT molecular complexity index is 531. The Morgan fingerprint density at radius 3 is 2.83 bits per heavy atom. The molecule has 0 fully saturated rings. The van der Waals surface area contributed by atoms with Gasteiger partial charge in [0.2, 0.25) is 0 Å². The van der Waals surface area contributed by atoms with Crippen LogP contribution in [0.3, 0.4) is 0 Å². The largest absolute Gasteiger partial charge is 0.319 e. The van der Waals surface area contributed by atoms with Crippen LogP contribution in [0.2, 0.25) is 0 Å². The lowest BCUT2D eigenvalue weighted by molar-refractivity contribution is 0.102. The van der Waals surface area contributed by atoms with E-state index in [0.717, 1.165) is 0 Å². The monoisotopic (exact) mass is 269 g/mol. The number of aromatic nitrogens is 2. The minimum absolute atomic E-state index is 0.212. The third-order valence-electron chi connectivity index (χ3n) is 2.10. The van der Waals surface area contributed by atoms with Crippen molar-refractivity contribution in [1.82, 2.24) is 10.2 Å². The van der Waals surface area contributed by atoms with Crippen molar-refractivity contribution in [2.75, 3.05) is 5.32 Å². The highest BCUT2D eigenvalue weighted by molar-refractivity contribution is 7.99. The Morgan fingerprint density at radius 2 is 2.17 bits per heavy atom. The quantitative estimate of drug-likeness (QED) is 0.839. The van der Waals surface area contributed by atoms with Gasteiger partial charge in [0.05, 0.1) is 17.4 Å². The summed E-state index contributed by atoms with van der Waals surface area (Å²) in [5.74, 6) is -3.01. The molecular formula is C11H9F2N3OS. The van der Waals surface area contributed by atoms with E-state index in [0.29, 0.717) is 17.4 Å². The van der Waals surface area contributed by atoms with Gasteiger partial charge in [-0.05, 0) is 12.1 Å². The lowest BCUT2D eigenvalue weighted by atomic mass is 10.2. The molecule has 2 N–H and O–H groups in total. The van der Waals surface area contributed by atoms with E-state index in [2.05, 4.69) is 15.5 Å². The molecule has 0 saturated carbocycles. The highest BCUT2D eigenvalue weighted by Gasteiger charge is 2.15. The van der Waals surface area contributed by atoms with E-state index in [9.17, 15) is 13.6 Å². The smallest absolute Gasteiger partial charge is 0.288 e. The average Bonchev–Trinajstić information content (AvgIpc) is 2.81. The van der Waals surface area contributed by atoms with Crippen LogP contribution in [0.15, 0.2) is 41.6 Å². The third-order valence-corrected chi connectivity index (χ3v) is 2.89. The first-order valence-corrected chi connectivity index (χ1v) is 5.89. The van der Waals surface area contributed by atoms with Crippen molar-refractivity contribution in [3.05, 3.63) is 42.2 Å². The van der Waals surface area contributed by atoms with E-state index in [1.54, 1.807) is 12.1 Å². The van der Waals surface area contributed by atoms with Gasteiger partial charge in [-0.25, -0.2) is 0 Å². The van der Waals surface area contributed by atoms with Crippen molar-refractivity contribution in [3.63, 3.8) is 0 Å². The maximum Gasteiger partial charge on any atom is 0.288 e. The molecule has 7 heteroatoms. The summed E-state index contributed by atoms with van der Waals surface area (Å²) in [6.07, 6.45) is 2.93. The summed E-state index contributed by atoms with van der Waals surface area (Å²) in [4.78, 5) is 12.1. The summed E-state index contributed by atoms with van der Waals surface area (Å²) < 4.78 is 24.7. The van der Waals surface area contributed by atoms with E-state index in [-0.39, 0.29) is 10.5 Å². The number of nitrogens with zero attached hydrogens (tertiary/aromatic N) is 1. The Balaban J connectivity index is 2.19. The number of halogens is 2. The first-order chi connectivity index (χ1) is 8.66. The zero-order valence-electron chi connectivity index (χ0n) is 9.06. The average molecular weight is 269 g/mol. The first-order valence-electron chi connectivity index (χ1n) is 5.01. The maximum atomic E-state index is 12.4. The molecule has 1 aromatic carbocycles. The number of carbonyl (C=O) groups is 1. The minimum Gasteiger partial charge on any atom is -0.319 e. The summed E-state index contributed by atoms with van der Waals surface area (Å²) in [5, 5.41) is 8.78. The second-order valence-corrected chi connectivity index (χ2v) is 4.35. The predicted molar refractivity (Wildman–Crippen MR) is 64.8 cm³/mol. The molecule has 1 heterocycles. The molecule has 0 bridgehead atoms. The molecule has 0 aliphatic carbocycles. The number of H-pyrrole nitrogens is 1. The molecule has 0 aliphatic rings. The molecule has 0 spiro atoms. The standard InChI is InChI=1S/C11H9F2N3OS/c12-11(13)18-9-4-2-1-3-8(9)10(17)16-7-5-14-15-6-7/h1-6,11H,(H,14,15)(H,16,17). The number of benzene rings is 1. The molecule has 2 rings (SSSR count). The van der Waals surface area contributed by atoms with Gasteiger partial charge in [-0.15, -0.1) is 0 Å². The molecule has 0 aliphatic heterocycles. The van der Waals surface area contributed by atoms with Gasteiger partial charge in [0.1, 0.15) is 0 Å². The van der Waals surface area contributed by atoms with Gasteiger partial charge in [-0.2, -0.15) is 13.9 Å². The third kappa shape index (κ3) is 3.07. The van der Waals surface area contributed by atoms with Gasteiger partial charge >= 0.3 is 0 Å². The van der Waals surface area contributed by atoms with E-state index in [1.165, 1.54) is 24.5 Å². The molecule has 18 heavy (non-hydrogen) atoms. The number of nitrogens with one attached hydrogen (secondary N) is 2. The molecule has 0 radical (unpaired) electrons. The predicted octanol–water partition coefficient (Wildman–Crippen LogP) is 2.98. The number of aromatic amines is 1. The molecule has 0 unspecified atom stereocenters. The highest BCUT2D eigenvalue weighted by Crippen LogP contribution is 2.28. The number of hydrogen-bond acceptors (Lipinski definition) is 3. The van der Waals surface area contributed by atoms with Crippen LogP contribution in [-0.2, 0) is 0 Å². The van der Waals surface area contributed by atoms with Crippen LogP contribution >= 0.6 is 11.8 Å². The molecule has 1 aromatic heterocycles. The van der Waals surface area contributed by atoms with Gasteiger partial charge < -0.3 is 5.32 Å². The van der Waals surface area contributed by atoms with Crippen molar-refractivity contribution in [3.8, 4) is 0 Å². The molecule has 0 saturated heterocycles. The Morgan fingerprint density at radius 1 is 1.39 bits per heavy atom. The van der Waals surface area contributed by atoms with Crippen LogP contribution in [0, 0.1) is 0 Å². The van der Waals surface area contributed by atoms with Crippen LogP contribution < -0.4 is 5.32 Å². The van der Waals surface area contributed by atoms with Crippen molar-refractivity contribution in [2.24, 2.45) is 0 Å². The fraction of sp³-hybridized carbons (Fsp3) is 0.0909. The van der Waals surface area contributed by atoms with Crippen LogP contribution in [-0.4, -0.2) is 21.9 Å². The fourth-order valence-corrected chi connectivity index (χ4v) is 2.01. The second-order valence-electron chi connectivity index (χ2n) is 3.32. The first kappa shape index (κ1) is 12.6. The van der Waals surface area contributed by atoms with Gasteiger partial charge in [0.25, 0.3) is 11.7 Å². The number of carbonyl (C=O) groups excluding carboxylic acids is 1. The van der Waals surface area contributed by atoms with Crippen LogP contribution in [0.25, 0.3) is 0 Å². The van der Waals surface area contributed by atoms with Gasteiger partial charge in [-0.3, -0.25) is 9.89 Å². The molecular weight excluding hydrogens is 260 g/mol. The molecule has 1 amide bonds. The zero-order valence-corrected chi connectivity index (χ0v) is 9.88. The van der Waals surface area contributed by atoms with Crippen molar-refractivity contribution in [1.29, 1.82) is 0 Å². The summed E-state index contributed by atoms with van der Waals surface area (Å²) in [6.45, 7) is 0. The number of rotatable bonds is 4. The topological polar surface area (TPSA) is 57.8 Å². The van der Waals surface area contributed by atoms with Crippen LogP contribution in [0.1, 0.15) is 10.4 Å². The summed E-state index contributed by atoms with van der Waals surface area (Å²) in [5.41, 5.74) is 0.695. The van der Waals surface area contributed by atoms with Gasteiger partial charge in [0.15, 0.2) is 0 Å². The number of thioether (sulfide) groups is 1. The van der Waals surface area contributed by atoms with Gasteiger partial charge in [0, 0.05) is 11.1 Å². The zero-order chi connectivity index (χ0) is 13.0. The minimum atomic E-state index is -2.56.